The van der Waals surface area contributed by atoms with E-state index in [0.717, 1.165) is 18.0 Å². The molecule has 0 amide bonds. The zero-order valence-electron chi connectivity index (χ0n) is 17.2. The number of allylic oxidation sites excluding steroid dienone is 1. The average Bonchev–Trinajstić information content (AvgIpc) is 2.68. The Bertz CT molecular complexity index is 973. The van der Waals surface area contributed by atoms with Crippen molar-refractivity contribution in [2.45, 2.75) is 38.2 Å². The summed E-state index contributed by atoms with van der Waals surface area (Å²) in [5.74, 6) is 0.128. The number of aliphatic hydroxyl groups is 2. The van der Waals surface area contributed by atoms with Crippen LogP contribution in [0.4, 0.5) is 18.9 Å². The highest BCUT2D eigenvalue weighted by Gasteiger charge is 2.44. The van der Waals surface area contributed by atoms with Crippen molar-refractivity contribution in [3.8, 4) is 12.3 Å². The minimum atomic E-state index is -4.81. The predicted octanol–water partition coefficient (Wildman–Crippen LogP) is 2.24. The largest absolute Gasteiger partial charge is 0.450 e. The number of benzene rings is 1. The Kier molecular flexibility index (Phi) is 7.34. The molecular weight excluding hydrogens is 457 g/mol. The molecule has 0 fully saturated rings. The number of terminal acetylenes is 1. The fraction of sp³-hybridized carbons (Fsp3) is 0.400. The monoisotopic (exact) mass is 476 g/mol. The van der Waals surface area contributed by atoms with Crippen LogP contribution in [0.3, 0.4) is 0 Å². The molecule has 0 spiro atoms. The quantitative estimate of drug-likeness (QED) is 0.493. The average molecular weight is 477 g/mol. The van der Waals surface area contributed by atoms with Crippen LogP contribution in [0.15, 0.2) is 30.0 Å². The molecule has 12 heteroatoms. The lowest BCUT2D eigenvalue weighted by atomic mass is 10.1. The molecule has 1 heterocycles. The first-order chi connectivity index (χ1) is 14.7. The third kappa shape index (κ3) is 5.27. The summed E-state index contributed by atoms with van der Waals surface area (Å²) in [6.07, 6.45) is -3.09. The van der Waals surface area contributed by atoms with Gasteiger partial charge < -0.3 is 24.6 Å². The zero-order valence-corrected chi connectivity index (χ0v) is 17.9. The lowest BCUT2D eigenvalue weighted by Crippen LogP contribution is -2.56. The van der Waals surface area contributed by atoms with Gasteiger partial charge in [-0.2, -0.15) is 13.2 Å². The number of carbonyl (C=O) groups is 2. The van der Waals surface area contributed by atoms with Crippen LogP contribution in [0.5, 0.6) is 0 Å². The van der Waals surface area contributed by atoms with Crippen LogP contribution in [0.1, 0.15) is 24.2 Å². The summed E-state index contributed by atoms with van der Waals surface area (Å²) in [6, 6.07) is 3.60. The fourth-order valence-electron chi connectivity index (χ4n) is 2.81. The highest BCUT2D eigenvalue weighted by Crippen LogP contribution is 2.36. The van der Waals surface area contributed by atoms with Crippen LogP contribution >= 0.6 is 11.6 Å². The highest BCUT2D eigenvalue weighted by atomic mass is 35.5. The van der Waals surface area contributed by atoms with Crippen molar-refractivity contribution >= 4 is 29.2 Å². The predicted molar refractivity (Wildman–Crippen MR) is 107 cm³/mol. The van der Waals surface area contributed by atoms with Crippen molar-refractivity contribution in [2.24, 2.45) is 0 Å². The Labute approximate surface area is 186 Å². The smallest absolute Gasteiger partial charge is 0.431 e. The maximum Gasteiger partial charge on any atom is 0.431 e. The zero-order chi connectivity index (χ0) is 24.4. The molecule has 8 nitrogen and oxygen atoms in total. The summed E-state index contributed by atoms with van der Waals surface area (Å²) in [5, 5.41) is 20.5. The first kappa shape index (κ1) is 25.3. The van der Waals surface area contributed by atoms with Gasteiger partial charge >= 0.3 is 18.1 Å². The van der Waals surface area contributed by atoms with E-state index in [9.17, 15) is 33.0 Å². The van der Waals surface area contributed by atoms with Crippen molar-refractivity contribution in [2.75, 3.05) is 18.6 Å². The van der Waals surface area contributed by atoms with Crippen molar-refractivity contribution in [1.82, 2.24) is 4.90 Å². The summed E-state index contributed by atoms with van der Waals surface area (Å²) in [6.45, 7) is 2.19. The molecule has 1 aliphatic heterocycles. The van der Waals surface area contributed by atoms with Crippen LogP contribution < -0.4 is 4.90 Å². The Morgan fingerprint density at radius 2 is 1.91 bits per heavy atom. The van der Waals surface area contributed by atoms with Crippen molar-refractivity contribution < 1.29 is 42.4 Å². The molecule has 0 radical (unpaired) electrons. The lowest BCUT2D eigenvalue weighted by Gasteiger charge is -2.43. The Morgan fingerprint density at radius 1 is 1.28 bits per heavy atom. The summed E-state index contributed by atoms with van der Waals surface area (Å²) >= 11 is 6.05. The minimum absolute atomic E-state index is 0.0432. The summed E-state index contributed by atoms with van der Waals surface area (Å²) < 4.78 is 49.3. The van der Waals surface area contributed by atoms with E-state index in [1.54, 1.807) is 0 Å². The van der Waals surface area contributed by atoms with Gasteiger partial charge in [-0.25, -0.2) is 9.59 Å². The van der Waals surface area contributed by atoms with Crippen molar-refractivity contribution in [3.05, 3.63) is 40.6 Å². The number of hydrogen-bond acceptors (Lipinski definition) is 8. The molecule has 2 N–H and O–H groups in total. The molecule has 0 aromatic heterocycles. The van der Waals surface area contributed by atoms with E-state index in [4.69, 9.17) is 27.5 Å². The van der Waals surface area contributed by atoms with Crippen molar-refractivity contribution in [1.29, 1.82) is 0 Å². The maximum atomic E-state index is 13.1. The van der Waals surface area contributed by atoms with Gasteiger partial charge in [-0.05, 0) is 38.1 Å². The van der Waals surface area contributed by atoms with Gasteiger partial charge in [0.15, 0.2) is 12.8 Å². The number of aliphatic hydroxyl groups excluding tert-OH is 2. The van der Waals surface area contributed by atoms with Gasteiger partial charge in [-0.1, -0.05) is 17.5 Å². The molecular formula is C20H20ClF3N2O6. The van der Waals surface area contributed by atoms with Gasteiger partial charge in [-0.3, -0.25) is 4.90 Å². The van der Waals surface area contributed by atoms with Gasteiger partial charge in [0.05, 0.1) is 10.6 Å². The highest BCUT2D eigenvalue weighted by molar-refractivity contribution is 6.33. The summed E-state index contributed by atoms with van der Waals surface area (Å²) in [7, 11) is 0.984. The van der Waals surface area contributed by atoms with E-state index >= 15 is 0 Å². The van der Waals surface area contributed by atoms with Crippen LogP contribution in [-0.2, 0) is 14.3 Å². The minimum Gasteiger partial charge on any atom is -0.450 e. The van der Waals surface area contributed by atoms with Crippen molar-refractivity contribution in [3.63, 3.8) is 0 Å². The fourth-order valence-corrected chi connectivity index (χ4v) is 3.00. The standard InChI is InChI=1S/C20H20ClF3N2O6/c1-5-8-31-17(29)19(2,3)32-16(28)12-9-11(6-7-13(12)21)26-15(27)10-14(20(22,23)24)25(4)18(26)30/h1,6-7,9-10,15,18,27,30H,8H2,2-4H3. The molecule has 0 saturated carbocycles. The number of anilines is 1. The molecule has 2 atom stereocenters. The molecule has 1 aromatic carbocycles. The second kappa shape index (κ2) is 9.28. The normalized spacial score (nSPS) is 19.2. The number of hydrogen-bond donors (Lipinski definition) is 2. The molecule has 1 aromatic rings. The molecule has 0 aliphatic carbocycles. The van der Waals surface area contributed by atoms with Gasteiger partial charge in [-0.15, -0.1) is 6.42 Å². The first-order valence-electron chi connectivity index (χ1n) is 9.00. The SMILES string of the molecule is C#CCOC(=O)C(C)(C)OC(=O)c1cc(N2C(O)C=C(C(F)(F)F)N(C)C2O)ccc1Cl. The van der Waals surface area contributed by atoms with E-state index in [1.165, 1.54) is 26.0 Å². The number of rotatable bonds is 5. The van der Waals surface area contributed by atoms with Gasteiger partial charge in [0.1, 0.15) is 5.70 Å². The molecule has 32 heavy (non-hydrogen) atoms. The Morgan fingerprint density at radius 3 is 2.47 bits per heavy atom. The van der Waals surface area contributed by atoms with Gasteiger partial charge in [0.25, 0.3) is 0 Å². The summed E-state index contributed by atoms with van der Waals surface area (Å²) in [4.78, 5) is 26.0. The van der Waals surface area contributed by atoms with E-state index in [1.807, 2.05) is 0 Å². The number of carbonyl (C=O) groups excluding carboxylic acids is 2. The van der Waals surface area contributed by atoms with Gasteiger partial charge in [0, 0.05) is 12.7 Å². The molecule has 2 rings (SSSR count). The third-order valence-corrected chi connectivity index (χ3v) is 4.78. The van der Waals surface area contributed by atoms with Crippen LogP contribution in [0.25, 0.3) is 0 Å². The number of ether oxygens (including phenoxy) is 2. The number of esters is 2. The van der Waals surface area contributed by atoms with Crippen LogP contribution in [0, 0.1) is 12.3 Å². The summed E-state index contributed by atoms with van der Waals surface area (Å²) in [5.41, 5.74) is -3.29. The van der Waals surface area contributed by atoms with Crippen LogP contribution in [-0.4, -0.2) is 65.1 Å². The van der Waals surface area contributed by atoms with E-state index in [-0.39, 0.29) is 22.9 Å². The van der Waals surface area contributed by atoms with E-state index in [0.29, 0.717) is 11.0 Å². The molecule has 2 unspecified atom stereocenters. The van der Waals surface area contributed by atoms with E-state index < -0.39 is 42.0 Å². The number of halogens is 4. The second-order valence-corrected chi connectivity index (χ2v) is 7.58. The van der Waals surface area contributed by atoms with E-state index in [2.05, 4.69) is 5.92 Å². The third-order valence-electron chi connectivity index (χ3n) is 4.45. The second-order valence-electron chi connectivity index (χ2n) is 7.17. The Hall–Kier alpha value is -2.94. The number of alkyl halides is 3. The first-order valence-corrected chi connectivity index (χ1v) is 9.38. The molecule has 174 valence electrons. The number of nitrogens with zero attached hydrogens (tertiary/aromatic N) is 2. The maximum absolute atomic E-state index is 13.1. The molecule has 1 aliphatic rings. The van der Waals surface area contributed by atoms with Gasteiger partial charge in [0.2, 0.25) is 12.0 Å². The Balaban J connectivity index is 2.35. The molecule has 0 bridgehead atoms. The lowest BCUT2D eigenvalue weighted by molar-refractivity contribution is -0.161. The van der Waals surface area contributed by atoms with Crippen LogP contribution in [0.2, 0.25) is 5.02 Å². The molecule has 0 saturated heterocycles. The topological polar surface area (TPSA) is 99.5 Å².